The van der Waals surface area contributed by atoms with Crippen LogP contribution in [0.2, 0.25) is 5.02 Å². The predicted molar refractivity (Wildman–Crippen MR) is 88.7 cm³/mol. The third-order valence-corrected chi connectivity index (χ3v) is 3.31. The Morgan fingerprint density at radius 3 is 2.43 bits per heavy atom. The minimum Gasteiger partial charge on any atom is -0.381 e. The molecule has 0 amide bonds. The highest BCUT2D eigenvalue weighted by Crippen LogP contribution is 2.29. The van der Waals surface area contributed by atoms with Crippen LogP contribution in [0, 0.1) is 0 Å². The van der Waals surface area contributed by atoms with Crippen molar-refractivity contribution in [2.75, 3.05) is 18.4 Å². The van der Waals surface area contributed by atoms with Crippen molar-refractivity contribution in [3.05, 3.63) is 41.2 Å². The van der Waals surface area contributed by atoms with Crippen LogP contribution in [-0.2, 0) is 5.41 Å². The Bertz CT molecular complexity index is 603. The zero-order valence-corrected chi connectivity index (χ0v) is 13.4. The van der Waals surface area contributed by atoms with Gasteiger partial charge in [-0.25, -0.2) is 9.97 Å². The van der Waals surface area contributed by atoms with E-state index in [4.69, 9.17) is 22.3 Å². The fraction of sp³-hybridized carbons (Fsp3) is 0.375. The van der Waals surface area contributed by atoms with Crippen LogP contribution in [-0.4, -0.2) is 23.1 Å². The molecular formula is C16H21ClN4. The molecule has 21 heavy (non-hydrogen) atoms. The summed E-state index contributed by atoms with van der Waals surface area (Å²) in [4.78, 5) is 9.19. The van der Waals surface area contributed by atoms with Gasteiger partial charge in [0.15, 0.2) is 5.82 Å². The quantitative estimate of drug-likeness (QED) is 0.908. The summed E-state index contributed by atoms with van der Waals surface area (Å²) in [7, 11) is 0. The van der Waals surface area contributed by atoms with Crippen LogP contribution in [0.5, 0.6) is 0 Å². The van der Waals surface area contributed by atoms with Crippen LogP contribution < -0.4 is 11.1 Å². The third kappa shape index (κ3) is 3.93. The van der Waals surface area contributed by atoms with Crippen molar-refractivity contribution < 1.29 is 0 Å². The Morgan fingerprint density at radius 1 is 1.19 bits per heavy atom. The fourth-order valence-electron chi connectivity index (χ4n) is 2.03. The summed E-state index contributed by atoms with van der Waals surface area (Å²) in [6, 6.07) is 7.55. The number of nitrogens with zero attached hydrogens (tertiary/aromatic N) is 2. The molecule has 2 rings (SSSR count). The summed E-state index contributed by atoms with van der Waals surface area (Å²) >= 11 is 5.92. The molecule has 0 aliphatic heterocycles. The first-order valence-corrected chi connectivity index (χ1v) is 7.37. The van der Waals surface area contributed by atoms with Crippen LogP contribution in [0.25, 0.3) is 11.4 Å². The van der Waals surface area contributed by atoms with Crippen molar-refractivity contribution in [2.45, 2.75) is 26.2 Å². The maximum absolute atomic E-state index is 5.92. The van der Waals surface area contributed by atoms with Gasteiger partial charge in [0.05, 0.1) is 17.6 Å². The van der Waals surface area contributed by atoms with Crippen molar-refractivity contribution >= 4 is 17.3 Å². The Balaban J connectivity index is 2.43. The second-order valence-electron chi connectivity index (χ2n) is 5.93. The van der Waals surface area contributed by atoms with Crippen LogP contribution in [0.1, 0.15) is 26.5 Å². The zero-order chi connectivity index (χ0) is 15.5. The van der Waals surface area contributed by atoms with Crippen LogP contribution in [0.15, 0.2) is 30.5 Å². The molecule has 0 atom stereocenters. The van der Waals surface area contributed by atoms with E-state index in [1.165, 1.54) is 0 Å². The minimum absolute atomic E-state index is 0.0823. The van der Waals surface area contributed by atoms with Crippen molar-refractivity contribution in [2.24, 2.45) is 5.73 Å². The van der Waals surface area contributed by atoms with Crippen LogP contribution in [0.4, 0.5) is 5.69 Å². The minimum atomic E-state index is -0.0823. The van der Waals surface area contributed by atoms with Gasteiger partial charge in [-0.15, -0.1) is 0 Å². The SMILES string of the molecule is CC(C)(C)c1nc(-c2ccc(Cl)cc2)ncc1NCCN. The highest BCUT2D eigenvalue weighted by Gasteiger charge is 2.21. The zero-order valence-electron chi connectivity index (χ0n) is 12.7. The van der Waals surface area contributed by atoms with E-state index in [2.05, 4.69) is 31.1 Å². The predicted octanol–water partition coefficient (Wildman–Crippen LogP) is 3.47. The summed E-state index contributed by atoms with van der Waals surface area (Å²) in [6.45, 7) is 7.67. The first-order valence-electron chi connectivity index (χ1n) is 6.99. The number of nitrogens with two attached hydrogens (primary N) is 1. The number of benzene rings is 1. The lowest BCUT2D eigenvalue weighted by Crippen LogP contribution is -2.21. The number of anilines is 1. The molecule has 0 bridgehead atoms. The van der Waals surface area contributed by atoms with Gasteiger partial charge in [0.1, 0.15) is 0 Å². The average Bonchev–Trinajstić information content (AvgIpc) is 2.45. The van der Waals surface area contributed by atoms with E-state index in [1.54, 1.807) is 0 Å². The maximum atomic E-state index is 5.92. The summed E-state index contributed by atoms with van der Waals surface area (Å²) in [6.07, 6.45) is 1.83. The first kappa shape index (κ1) is 15.7. The Morgan fingerprint density at radius 2 is 1.86 bits per heavy atom. The van der Waals surface area contributed by atoms with Gasteiger partial charge in [0.2, 0.25) is 0 Å². The molecule has 0 fully saturated rings. The number of aromatic nitrogens is 2. The molecule has 0 saturated carbocycles. The molecule has 1 heterocycles. The van der Waals surface area contributed by atoms with Crippen molar-refractivity contribution in [3.63, 3.8) is 0 Å². The lowest BCUT2D eigenvalue weighted by Gasteiger charge is -2.22. The third-order valence-electron chi connectivity index (χ3n) is 3.06. The van der Waals surface area contributed by atoms with Crippen molar-refractivity contribution in [1.82, 2.24) is 9.97 Å². The van der Waals surface area contributed by atoms with E-state index in [0.717, 1.165) is 16.9 Å². The molecule has 3 N–H and O–H groups in total. The lowest BCUT2D eigenvalue weighted by atomic mass is 9.90. The second-order valence-corrected chi connectivity index (χ2v) is 6.36. The highest BCUT2D eigenvalue weighted by molar-refractivity contribution is 6.30. The van der Waals surface area contributed by atoms with E-state index >= 15 is 0 Å². The van der Waals surface area contributed by atoms with Gasteiger partial charge in [-0.3, -0.25) is 0 Å². The smallest absolute Gasteiger partial charge is 0.159 e. The number of hydrogen-bond acceptors (Lipinski definition) is 4. The maximum Gasteiger partial charge on any atom is 0.159 e. The molecule has 1 aromatic heterocycles. The van der Waals surface area contributed by atoms with E-state index in [9.17, 15) is 0 Å². The molecule has 112 valence electrons. The second kappa shape index (κ2) is 6.41. The summed E-state index contributed by atoms with van der Waals surface area (Å²) in [5.41, 5.74) is 8.34. The molecule has 1 aromatic carbocycles. The molecule has 0 aliphatic rings. The average molecular weight is 305 g/mol. The standard InChI is InChI=1S/C16H21ClN4/c1-16(2,3)14-13(19-9-8-18)10-20-15(21-14)11-4-6-12(17)7-5-11/h4-7,10,19H,8-9,18H2,1-3H3. The molecule has 4 nitrogen and oxygen atoms in total. The van der Waals surface area contributed by atoms with Gasteiger partial charge in [-0.2, -0.15) is 0 Å². The van der Waals surface area contributed by atoms with Crippen molar-refractivity contribution in [1.29, 1.82) is 0 Å². The molecule has 0 aliphatic carbocycles. The van der Waals surface area contributed by atoms with E-state index in [-0.39, 0.29) is 5.41 Å². The van der Waals surface area contributed by atoms with Gasteiger partial charge < -0.3 is 11.1 Å². The number of halogens is 1. The Kier molecular flexibility index (Phi) is 4.80. The molecule has 5 heteroatoms. The molecular weight excluding hydrogens is 284 g/mol. The van der Waals surface area contributed by atoms with Gasteiger partial charge in [0, 0.05) is 29.1 Å². The first-order chi connectivity index (χ1) is 9.91. The van der Waals surface area contributed by atoms with Gasteiger partial charge in [0.25, 0.3) is 0 Å². The molecule has 0 saturated heterocycles. The molecule has 2 aromatic rings. The number of nitrogens with one attached hydrogen (secondary N) is 1. The summed E-state index contributed by atoms with van der Waals surface area (Å²) < 4.78 is 0. The Labute approximate surface area is 130 Å². The summed E-state index contributed by atoms with van der Waals surface area (Å²) in [5, 5.41) is 3.99. The van der Waals surface area contributed by atoms with Crippen LogP contribution in [0.3, 0.4) is 0 Å². The number of hydrogen-bond donors (Lipinski definition) is 2. The largest absolute Gasteiger partial charge is 0.381 e. The van der Waals surface area contributed by atoms with Gasteiger partial charge >= 0.3 is 0 Å². The lowest BCUT2D eigenvalue weighted by molar-refractivity contribution is 0.569. The number of rotatable bonds is 4. The normalized spacial score (nSPS) is 11.5. The topological polar surface area (TPSA) is 63.8 Å². The van der Waals surface area contributed by atoms with Crippen molar-refractivity contribution in [3.8, 4) is 11.4 Å². The van der Waals surface area contributed by atoms with Crippen LogP contribution >= 0.6 is 11.6 Å². The van der Waals surface area contributed by atoms with Gasteiger partial charge in [-0.05, 0) is 24.3 Å². The Hall–Kier alpha value is -1.65. The highest BCUT2D eigenvalue weighted by atomic mass is 35.5. The molecule has 0 spiro atoms. The van der Waals surface area contributed by atoms with Gasteiger partial charge in [-0.1, -0.05) is 32.4 Å². The fourth-order valence-corrected chi connectivity index (χ4v) is 2.15. The van der Waals surface area contributed by atoms with E-state index in [0.29, 0.717) is 23.9 Å². The summed E-state index contributed by atoms with van der Waals surface area (Å²) in [5.74, 6) is 0.704. The molecule has 0 unspecified atom stereocenters. The van der Waals surface area contributed by atoms with E-state index in [1.807, 2.05) is 30.5 Å². The molecule has 0 radical (unpaired) electrons. The van der Waals surface area contributed by atoms with E-state index < -0.39 is 0 Å². The monoisotopic (exact) mass is 304 g/mol.